The molecule has 2 amide bonds. The van der Waals surface area contributed by atoms with E-state index in [1.54, 1.807) is 86.0 Å². The number of anilines is 1. The number of amides is 2. The monoisotopic (exact) mass is 612 g/mol. The maximum Gasteiger partial charge on any atom is 0.272 e. The number of ether oxygens (including phenoxy) is 4. The second kappa shape index (κ2) is 15.3. The molecule has 0 heterocycles. The number of methoxy groups -OCH3 is 4. The van der Waals surface area contributed by atoms with E-state index in [4.69, 9.17) is 18.9 Å². The first-order valence-electron chi connectivity index (χ1n) is 13.4. The first-order chi connectivity index (χ1) is 21.3. The van der Waals surface area contributed by atoms with E-state index >= 15 is 0 Å². The highest BCUT2D eigenvalue weighted by Gasteiger charge is 2.18. The molecule has 0 spiro atoms. The van der Waals surface area contributed by atoms with Crippen molar-refractivity contribution in [3.8, 4) is 23.0 Å². The van der Waals surface area contributed by atoms with Gasteiger partial charge >= 0.3 is 0 Å². The van der Waals surface area contributed by atoms with Crippen molar-refractivity contribution in [3.63, 3.8) is 0 Å². The molecule has 9 nitrogen and oxygen atoms in total. The Bertz CT molecular complexity index is 1650. The summed E-state index contributed by atoms with van der Waals surface area (Å²) in [6.07, 6.45) is 1.51. The number of hydrogen-bond donors (Lipinski definition) is 2. The fraction of sp³-hybridized carbons (Fsp3) is 0.147. The third-order valence-corrected chi connectivity index (χ3v) is 7.45. The van der Waals surface area contributed by atoms with Crippen molar-refractivity contribution in [2.24, 2.45) is 0 Å². The zero-order valence-corrected chi connectivity index (χ0v) is 25.5. The smallest absolute Gasteiger partial charge is 0.272 e. The summed E-state index contributed by atoms with van der Waals surface area (Å²) in [7, 11) is 6.06. The Morgan fingerprint density at radius 1 is 0.705 bits per heavy atom. The molecule has 0 aromatic heterocycles. The summed E-state index contributed by atoms with van der Waals surface area (Å²) in [5, 5.41) is 5.55. The number of thioether (sulfide) groups is 1. The molecule has 0 bridgehead atoms. The van der Waals surface area contributed by atoms with Crippen LogP contribution in [0.15, 0.2) is 102 Å². The van der Waals surface area contributed by atoms with Gasteiger partial charge in [0.1, 0.15) is 17.2 Å². The summed E-state index contributed by atoms with van der Waals surface area (Å²) in [4.78, 5) is 40.1. The molecule has 0 atom stereocenters. The van der Waals surface area contributed by atoms with Gasteiger partial charge in [-0.15, -0.1) is 11.8 Å². The van der Waals surface area contributed by atoms with Crippen molar-refractivity contribution >= 4 is 41.1 Å². The normalized spacial score (nSPS) is 10.9. The summed E-state index contributed by atoms with van der Waals surface area (Å²) in [5.41, 5.74) is 1.92. The molecule has 4 aromatic carbocycles. The highest BCUT2D eigenvalue weighted by molar-refractivity contribution is 8.00. The lowest BCUT2D eigenvalue weighted by atomic mass is 10.1. The van der Waals surface area contributed by atoms with Crippen molar-refractivity contribution in [2.45, 2.75) is 4.90 Å². The van der Waals surface area contributed by atoms with Crippen LogP contribution in [-0.2, 0) is 4.79 Å². The largest absolute Gasteiger partial charge is 0.497 e. The molecule has 0 saturated heterocycles. The number of carbonyl (C=O) groups is 3. The lowest BCUT2D eigenvalue weighted by molar-refractivity contribution is -0.113. The van der Waals surface area contributed by atoms with E-state index in [0.29, 0.717) is 45.4 Å². The van der Waals surface area contributed by atoms with Crippen LogP contribution in [0.1, 0.15) is 26.3 Å². The Hall–Kier alpha value is -5.22. The van der Waals surface area contributed by atoms with Gasteiger partial charge in [0, 0.05) is 33.3 Å². The van der Waals surface area contributed by atoms with Crippen molar-refractivity contribution < 1.29 is 33.3 Å². The van der Waals surface area contributed by atoms with Crippen LogP contribution >= 0.6 is 11.8 Å². The molecule has 0 aliphatic rings. The van der Waals surface area contributed by atoms with Crippen LogP contribution in [0.25, 0.3) is 6.08 Å². The highest BCUT2D eigenvalue weighted by Crippen LogP contribution is 2.35. The SMILES string of the molecule is COc1cccc(C(=O)CSc2ccc(NC(=O)/C(=C/c3cc(OC)c(OC)cc3OC)NC(=O)c3ccccc3)cc2)c1. The van der Waals surface area contributed by atoms with E-state index in [0.717, 1.165) is 4.90 Å². The van der Waals surface area contributed by atoms with Gasteiger partial charge in [0.05, 0.1) is 34.2 Å². The molecule has 0 unspecified atom stereocenters. The van der Waals surface area contributed by atoms with Crippen LogP contribution in [0.5, 0.6) is 23.0 Å². The van der Waals surface area contributed by atoms with E-state index < -0.39 is 11.8 Å². The first-order valence-corrected chi connectivity index (χ1v) is 14.4. The molecule has 44 heavy (non-hydrogen) atoms. The molecule has 0 saturated carbocycles. The van der Waals surface area contributed by atoms with Gasteiger partial charge in [-0.25, -0.2) is 0 Å². The number of ketones is 1. The lowest BCUT2D eigenvalue weighted by Gasteiger charge is -2.15. The lowest BCUT2D eigenvalue weighted by Crippen LogP contribution is -2.30. The minimum Gasteiger partial charge on any atom is -0.497 e. The van der Waals surface area contributed by atoms with Gasteiger partial charge < -0.3 is 29.6 Å². The zero-order valence-electron chi connectivity index (χ0n) is 24.7. The summed E-state index contributed by atoms with van der Waals surface area (Å²) in [5.74, 6) is 1.10. The minimum atomic E-state index is -0.556. The van der Waals surface area contributed by atoms with E-state index in [1.807, 2.05) is 12.1 Å². The highest BCUT2D eigenvalue weighted by atomic mass is 32.2. The van der Waals surface area contributed by atoms with Gasteiger partial charge in [-0.3, -0.25) is 14.4 Å². The quantitative estimate of drug-likeness (QED) is 0.106. The third kappa shape index (κ3) is 8.20. The number of rotatable bonds is 13. The van der Waals surface area contributed by atoms with Crippen LogP contribution in [0.2, 0.25) is 0 Å². The molecule has 0 radical (unpaired) electrons. The molecule has 10 heteroatoms. The number of benzene rings is 4. The number of hydrogen-bond acceptors (Lipinski definition) is 8. The molecule has 0 aliphatic heterocycles. The fourth-order valence-electron chi connectivity index (χ4n) is 4.13. The summed E-state index contributed by atoms with van der Waals surface area (Å²) >= 11 is 1.38. The number of nitrogens with one attached hydrogen (secondary N) is 2. The molecular formula is C34H32N2O7S. The van der Waals surface area contributed by atoms with Crippen LogP contribution in [0.3, 0.4) is 0 Å². The van der Waals surface area contributed by atoms with Crippen molar-refractivity contribution in [2.75, 3.05) is 39.5 Å². The van der Waals surface area contributed by atoms with Gasteiger partial charge in [-0.1, -0.05) is 30.3 Å². The van der Waals surface area contributed by atoms with Crippen LogP contribution in [0.4, 0.5) is 5.69 Å². The van der Waals surface area contributed by atoms with E-state index in [1.165, 1.54) is 39.2 Å². The Balaban J connectivity index is 1.53. The minimum absolute atomic E-state index is 0.0216. The molecule has 0 aliphatic carbocycles. The molecule has 4 aromatic rings. The maximum atomic E-state index is 13.5. The number of Topliss-reactive ketones (excluding diaryl/α,β-unsaturated/α-hetero) is 1. The third-order valence-electron chi connectivity index (χ3n) is 6.44. The summed E-state index contributed by atoms with van der Waals surface area (Å²) in [6, 6.07) is 25.9. The number of carbonyl (C=O) groups excluding carboxylic acids is 3. The average Bonchev–Trinajstić information content (AvgIpc) is 3.07. The zero-order chi connectivity index (χ0) is 31.5. The Morgan fingerprint density at radius 2 is 1.36 bits per heavy atom. The van der Waals surface area contributed by atoms with E-state index in [9.17, 15) is 14.4 Å². The topological polar surface area (TPSA) is 112 Å². The molecule has 226 valence electrons. The van der Waals surface area contributed by atoms with Gasteiger partial charge in [-0.2, -0.15) is 0 Å². The van der Waals surface area contributed by atoms with Crippen molar-refractivity contribution in [1.82, 2.24) is 5.32 Å². The van der Waals surface area contributed by atoms with E-state index in [-0.39, 0.29) is 17.2 Å². The standard InChI is InChI=1S/C34H32N2O7S/c1-40-26-12-8-11-23(17-26)29(37)21-44-27-15-13-25(14-16-27)35-34(39)28(36-33(38)22-9-6-5-7-10-22)18-24-19-31(42-3)32(43-4)20-30(24)41-2/h5-20H,21H2,1-4H3,(H,35,39)(H,36,38)/b28-18-. The fourth-order valence-corrected chi connectivity index (χ4v) is 4.92. The first kappa shape index (κ1) is 31.7. The molecule has 2 N–H and O–H groups in total. The molecule has 4 rings (SSSR count). The second-order valence-corrected chi connectivity index (χ2v) is 10.3. The Labute approximate surface area is 260 Å². The Kier molecular flexibility index (Phi) is 11.0. The van der Waals surface area contributed by atoms with Gasteiger partial charge in [0.2, 0.25) is 0 Å². The van der Waals surface area contributed by atoms with E-state index in [2.05, 4.69) is 10.6 Å². The van der Waals surface area contributed by atoms with Crippen molar-refractivity contribution in [1.29, 1.82) is 0 Å². The predicted octanol–water partition coefficient (Wildman–Crippen LogP) is 6.11. The Morgan fingerprint density at radius 3 is 2.02 bits per heavy atom. The second-order valence-electron chi connectivity index (χ2n) is 9.25. The average molecular weight is 613 g/mol. The van der Waals surface area contributed by atoms with Crippen LogP contribution in [0, 0.1) is 0 Å². The van der Waals surface area contributed by atoms with Gasteiger partial charge in [0.15, 0.2) is 17.3 Å². The molecular weight excluding hydrogens is 580 g/mol. The van der Waals surface area contributed by atoms with Gasteiger partial charge in [0.25, 0.3) is 11.8 Å². The van der Waals surface area contributed by atoms with Gasteiger partial charge in [-0.05, 0) is 60.7 Å². The van der Waals surface area contributed by atoms with Crippen LogP contribution < -0.4 is 29.6 Å². The predicted molar refractivity (Wildman–Crippen MR) is 171 cm³/mol. The van der Waals surface area contributed by atoms with Crippen LogP contribution in [-0.4, -0.2) is 51.8 Å². The maximum absolute atomic E-state index is 13.5. The summed E-state index contributed by atoms with van der Waals surface area (Å²) < 4.78 is 21.5. The van der Waals surface area contributed by atoms with Crippen molar-refractivity contribution in [3.05, 3.63) is 113 Å². The molecule has 0 fully saturated rings. The summed E-state index contributed by atoms with van der Waals surface area (Å²) in [6.45, 7) is 0.